The SMILES string of the molecule is CC(C)(C)C(Pc1ccccn1)c1ccccc1CP(C(C)(C)C)C(C)(C)C. The highest BCUT2D eigenvalue weighted by Crippen LogP contribution is 2.62. The molecule has 0 bridgehead atoms. The lowest BCUT2D eigenvalue weighted by molar-refractivity contribution is 0.398. The van der Waals surface area contributed by atoms with Gasteiger partial charge in [0.2, 0.25) is 0 Å². The van der Waals surface area contributed by atoms with Gasteiger partial charge in [-0.05, 0) is 45.1 Å². The van der Waals surface area contributed by atoms with E-state index >= 15 is 0 Å². The molecule has 0 saturated heterocycles. The Bertz CT molecular complexity index is 735. The van der Waals surface area contributed by atoms with Crippen molar-refractivity contribution >= 4 is 21.9 Å². The lowest BCUT2D eigenvalue weighted by atomic mass is 9.85. The fraction of sp³-hybridized carbons (Fsp3) is 0.560. The molecule has 28 heavy (non-hydrogen) atoms. The summed E-state index contributed by atoms with van der Waals surface area (Å²) in [5, 5.41) is 0.669. The summed E-state index contributed by atoms with van der Waals surface area (Å²) in [6.45, 7) is 21.6. The van der Waals surface area contributed by atoms with E-state index in [0.29, 0.717) is 24.6 Å². The molecule has 154 valence electrons. The highest BCUT2D eigenvalue weighted by atomic mass is 31.1. The zero-order chi connectivity index (χ0) is 21.2. The highest BCUT2D eigenvalue weighted by molar-refractivity contribution is 7.60. The first-order valence-corrected chi connectivity index (χ1v) is 12.9. The van der Waals surface area contributed by atoms with Gasteiger partial charge in [0, 0.05) is 11.9 Å². The summed E-state index contributed by atoms with van der Waals surface area (Å²) in [5.41, 5.74) is 4.96. The zero-order valence-corrected chi connectivity index (χ0v) is 21.2. The molecule has 0 N–H and O–H groups in total. The molecule has 0 amide bonds. The van der Waals surface area contributed by atoms with Crippen molar-refractivity contribution in [2.24, 2.45) is 5.41 Å². The lowest BCUT2D eigenvalue weighted by Crippen LogP contribution is -2.26. The van der Waals surface area contributed by atoms with Crippen LogP contribution < -0.4 is 5.44 Å². The Balaban J connectivity index is 2.47. The molecule has 1 heterocycles. The predicted octanol–water partition coefficient (Wildman–Crippen LogP) is 7.75. The van der Waals surface area contributed by atoms with E-state index in [1.165, 1.54) is 17.2 Å². The second-order valence-corrected chi connectivity index (χ2v) is 16.0. The molecule has 0 aliphatic heterocycles. The van der Waals surface area contributed by atoms with Crippen molar-refractivity contribution < 1.29 is 0 Å². The Morgan fingerprint density at radius 3 is 1.89 bits per heavy atom. The summed E-state index contributed by atoms with van der Waals surface area (Å²) < 4.78 is 0. The minimum absolute atomic E-state index is 0.168. The van der Waals surface area contributed by atoms with Crippen LogP contribution >= 0.6 is 16.5 Å². The van der Waals surface area contributed by atoms with Gasteiger partial charge in [0.05, 0.1) is 5.44 Å². The minimum Gasteiger partial charge on any atom is -0.257 e. The second kappa shape index (κ2) is 8.93. The van der Waals surface area contributed by atoms with Gasteiger partial charge in [-0.25, -0.2) is 0 Å². The van der Waals surface area contributed by atoms with Crippen molar-refractivity contribution in [1.82, 2.24) is 4.98 Å². The minimum atomic E-state index is -0.168. The number of pyridine rings is 1. The van der Waals surface area contributed by atoms with Crippen LogP contribution in [0.4, 0.5) is 0 Å². The van der Waals surface area contributed by atoms with Gasteiger partial charge in [0.15, 0.2) is 0 Å². The summed E-state index contributed by atoms with van der Waals surface area (Å²) in [4.78, 5) is 4.64. The molecule has 1 nitrogen and oxygen atoms in total. The van der Waals surface area contributed by atoms with Gasteiger partial charge >= 0.3 is 0 Å². The summed E-state index contributed by atoms with van der Waals surface area (Å²) in [7, 11) is 0.519. The third-order valence-electron chi connectivity index (χ3n) is 5.14. The first kappa shape index (κ1) is 23.5. The van der Waals surface area contributed by atoms with Crippen molar-refractivity contribution in [1.29, 1.82) is 0 Å². The number of hydrogen-bond acceptors (Lipinski definition) is 1. The number of benzene rings is 1. The smallest absolute Gasteiger partial charge is 0.0606 e. The average molecular weight is 416 g/mol. The van der Waals surface area contributed by atoms with E-state index in [0.717, 1.165) is 0 Å². The molecule has 2 unspecified atom stereocenters. The summed E-state index contributed by atoms with van der Waals surface area (Å²) in [6, 6.07) is 15.5. The van der Waals surface area contributed by atoms with Gasteiger partial charge in [-0.3, -0.25) is 4.98 Å². The molecule has 0 fully saturated rings. The maximum atomic E-state index is 4.64. The fourth-order valence-corrected chi connectivity index (χ4v) is 9.06. The largest absolute Gasteiger partial charge is 0.257 e. The Hall–Kier alpha value is -0.770. The van der Waals surface area contributed by atoms with E-state index in [-0.39, 0.29) is 13.3 Å². The van der Waals surface area contributed by atoms with Crippen molar-refractivity contribution in [3.63, 3.8) is 0 Å². The number of nitrogens with zero attached hydrogens (tertiary/aromatic N) is 1. The fourth-order valence-electron chi connectivity index (χ4n) is 3.97. The Morgan fingerprint density at radius 1 is 0.821 bits per heavy atom. The molecule has 1 aromatic heterocycles. The van der Waals surface area contributed by atoms with Crippen LogP contribution in [-0.2, 0) is 6.16 Å². The van der Waals surface area contributed by atoms with Crippen LogP contribution in [-0.4, -0.2) is 15.3 Å². The van der Waals surface area contributed by atoms with Crippen LogP contribution in [0.3, 0.4) is 0 Å². The molecule has 1 aromatic carbocycles. The molecule has 0 aliphatic carbocycles. The van der Waals surface area contributed by atoms with Gasteiger partial charge in [-0.2, -0.15) is 0 Å². The number of hydrogen-bond donors (Lipinski definition) is 0. The van der Waals surface area contributed by atoms with Gasteiger partial charge in [-0.1, -0.05) is 109 Å². The Morgan fingerprint density at radius 2 is 1.39 bits per heavy atom. The molecular formula is C25H39NP2. The van der Waals surface area contributed by atoms with Gasteiger partial charge in [0.1, 0.15) is 0 Å². The molecule has 0 spiro atoms. The summed E-state index contributed by atoms with van der Waals surface area (Å²) in [5.74, 6) is 0. The summed E-state index contributed by atoms with van der Waals surface area (Å²) in [6.07, 6.45) is 3.12. The lowest BCUT2D eigenvalue weighted by Gasteiger charge is -2.42. The highest BCUT2D eigenvalue weighted by Gasteiger charge is 2.36. The molecule has 2 atom stereocenters. The van der Waals surface area contributed by atoms with Gasteiger partial charge in [-0.15, -0.1) is 0 Å². The van der Waals surface area contributed by atoms with E-state index in [1.807, 2.05) is 12.3 Å². The van der Waals surface area contributed by atoms with E-state index in [1.54, 1.807) is 5.56 Å². The number of rotatable bonds is 5. The topological polar surface area (TPSA) is 12.9 Å². The van der Waals surface area contributed by atoms with Crippen molar-refractivity contribution in [3.8, 4) is 0 Å². The second-order valence-electron chi connectivity index (χ2n) is 10.8. The summed E-state index contributed by atoms with van der Waals surface area (Å²) >= 11 is 0. The molecule has 0 radical (unpaired) electrons. The monoisotopic (exact) mass is 415 g/mol. The zero-order valence-electron chi connectivity index (χ0n) is 19.3. The third kappa shape index (κ3) is 6.37. The Kier molecular flexibility index (Phi) is 7.50. The van der Waals surface area contributed by atoms with Crippen LogP contribution in [0.5, 0.6) is 0 Å². The van der Waals surface area contributed by atoms with Crippen LogP contribution in [0.2, 0.25) is 0 Å². The van der Waals surface area contributed by atoms with Crippen molar-refractivity contribution in [2.75, 3.05) is 0 Å². The molecule has 0 aliphatic rings. The van der Waals surface area contributed by atoms with E-state index < -0.39 is 0 Å². The maximum absolute atomic E-state index is 4.64. The van der Waals surface area contributed by atoms with Gasteiger partial charge < -0.3 is 0 Å². The first-order chi connectivity index (χ1) is 12.8. The molecular weight excluding hydrogens is 376 g/mol. The van der Waals surface area contributed by atoms with Crippen LogP contribution in [0.25, 0.3) is 0 Å². The molecule has 0 saturated carbocycles. The van der Waals surface area contributed by atoms with Gasteiger partial charge in [0.25, 0.3) is 0 Å². The average Bonchev–Trinajstić information content (AvgIpc) is 2.56. The van der Waals surface area contributed by atoms with E-state index in [4.69, 9.17) is 0 Å². The third-order valence-corrected chi connectivity index (χ3v) is 11.1. The van der Waals surface area contributed by atoms with E-state index in [9.17, 15) is 0 Å². The normalized spacial score (nSPS) is 14.8. The molecule has 3 heteroatoms. The quantitative estimate of drug-likeness (QED) is 0.455. The maximum Gasteiger partial charge on any atom is 0.0606 e. The van der Waals surface area contributed by atoms with Crippen molar-refractivity contribution in [2.45, 2.75) is 84.4 Å². The van der Waals surface area contributed by atoms with Crippen LogP contribution in [0, 0.1) is 5.41 Å². The van der Waals surface area contributed by atoms with E-state index in [2.05, 4.69) is 104 Å². The number of aromatic nitrogens is 1. The molecule has 2 aromatic rings. The molecule has 2 rings (SSSR count). The predicted molar refractivity (Wildman–Crippen MR) is 131 cm³/mol. The van der Waals surface area contributed by atoms with Crippen molar-refractivity contribution in [3.05, 3.63) is 59.8 Å². The van der Waals surface area contributed by atoms with Crippen LogP contribution in [0.1, 0.15) is 79.1 Å². The van der Waals surface area contributed by atoms with Crippen LogP contribution in [0.15, 0.2) is 48.7 Å². The standard InChI is InChI=1S/C25H39NP2/c1-23(2,3)22(27-21-16-12-13-17-26-21)20-15-11-10-14-19(20)18-28(24(4,5)6)25(7,8)9/h10-17,22,27H,18H2,1-9H3. The Labute approximate surface area is 176 Å². The first-order valence-electron chi connectivity index (χ1n) is 10.3.